The van der Waals surface area contributed by atoms with Crippen LogP contribution in [0.15, 0.2) is 77.2 Å². The summed E-state index contributed by atoms with van der Waals surface area (Å²) in [7, 11) is 0. The quantitative estimate of drug-likeness (QED) is 0.289. The first kappa shape index (κ1) is 23.6. The number of carbonyl (C=O) groups is 2. The van der Waals surface area contributed by atoms with Crippen LogP contribution in [0.25, 0.3) is 22.1 Å². The van der Waals surface area contributed by atoms with Crippen molar-refractivity contribution in [2.24, 2.45) is 0 Å². The molecule has 2 atom stereocenters. The van der Waals surface area contributed by atoms with Gasteiger partial charge in [-0.1, -0.05) is 54.6 Å². The Morgan fingerprint density at radius 2 is 1.61 bits per heavy atom. The van der Waals surface area contributed by atoms with Crippen molar-refractivity contribution in [3.8, 4) is 11.1 Å². The molecule has 0 fully saturated rings. The molecule has 0 aliphatic heterocycles. The van der Waals surface area contributed by atoms with Crippen molar-refractivity contribution in [3.63, 3.8) is 0 Å². The van der Waals surface area contributed by atoms with Crippen molar-refractivity contribution < 1.29 is 34.1 Å². The normalized spacial score (nSPS) is 14.2. The van der Waals surface area contributed by atoms with Crippen LogP contribution in [-0.4, -0.2) is 46.6 Å². The number of rotatable bonds is 8. The van der Waals surface area contributed by atoms with E-state index in [1.165, 1.54) is 6.07 Å². The molecular weight excluding hydrogens is 462 g/mol. The number of carboxylic acid groups (broad SMARTS) is 1. The number of hydrogen-bond acceptors (Lipinski definition) is 6. The minimum absolute atomic E-state index is 0.0463. The molecule has 0 saturated heterocycles. The molecule has 3 aromatic carbocycles. The summed E-state index contributed by atoms with van der Waals surface area (Å²) < 4.78 is 10.7. The van der Waals surface area contributed by atoms with Crippen molar-refractivity contribution in [2.75, 3.05) is 13.2 Å². The van der Waals surface area contributed by atoms with Gasteiger partial charge in [0, 0.05) is 17.8 Å². The van der Waals surface area contributed by atoms with E-state index in [1.807, 2.05) is 36.4 Å². The Labute approximate surface area is 206 Å². The molecule has 184 valence electrons. The average molecular weight is 488 g/mol. The summed E-state index contributed by atoms with van der Waals surface area (Å²) in [5, 5.41) is 33.1. The number of nitrogens with one attached hydrogen (secondary N) is 1. The number of amides is 1. The Hall–Kier alpha value is -4.14. The molecule has 1 amide bonds. The van der Waals surface area contributed by atoms with Crippen molar-refractivity contribution >= 4 is 23.0 Å². The van der Waals surface area contributed by atoms with E-state index in [0.29, 0.717) is 16.5 Å². The number of carbonyl (C=O) groups excluding carboxylic acids is 1. The molecule has 5 rings (SSSR count). The Morgan fingerprint density at radius 3 is 2.28 bits per heavy atom. The second-order valence-electron chi connectivity index (χ2n) is 8.77. The second kappa shape index (κ2) is 9.85. The van der Waals surface area contributed by atoms with Gasteiger partial charge in [0.25, 0.3) is 0 Å². The predicted molar refractivity (Wildman–Crippen MR) is 132 cm³/mol. The average Bonchev–Trinajstić information content (AvgIpc) is 3.46. The highest BCUT2D eigenvalue weighted by Crippen LogP contribution is 2.44. The van der Waals surface area contributed by atoms with Crippen LogP contribution in [0.2, 0.25) is 0 Å². The highest BCUT2D eigenvalue weighted by atomic mass is 16.5. The fourth-order valence-corrected chi connectivity index (χ4v) is 4.70. The van der Waals surface area contributed by atoms with Crippen molar-refractivity contribution in [3.05, 3.63) is 95.2 Å². The third-order valence-corrected chi connectivity index (χ3v) is 6.51. The van der Waals surface area contributed by atoms with Gasteiger partial charge in [0.05, 0.1) is 6.10 Å². The Balaban J connectivity index is 1.13. The van der Waals surface area contributed by atoms with Crippen LogP contribution in [0, 0.1) is 0 Å². The SMILES string of the molecule is O=C(NCCC(O)C(O)c1ccc2oc(C(=O)O)cc2c1)OCC1c2ccccc2-c2ccccc21. The van der Waals surface area contributed by atoms with Crippen LogP contribution in [-0.2, 0) is 4.74 Å². The third kappa shape index (κ3) is 4.56. The molecule has 0 bridgehead atoms. The van der Waals surface area contributed by atoms with Crippen LogP contribution < -0.4 is 5.32 Å². The summed E-state index contributed by atoms with van der Waals surface area (Å²) in [4.78, 5) is 23.4. The summed E-state index contributed by atoms with van der Waals surface area (Å²) in [6.45, 7) is 0.292. The molecule has 8 heteroatoms. The molecule has 36 heavy (non-hydrogen) atoms. The zero-order valence-electron chi connectivity index (χ0n) is 19.3. The lowest BCUT2D eigenvalue weighted by atomic mass is 9.98. The van der Waals surface area contributed by atoms with Gasteiger partial charge in [-0.25, -0.2) is 9.59 Å². The number of aliphatic hydroxyl groups is 2. The summed E-state index contributed by atoms with van der Waals surface area (Å²) >= 11 is 0. The topological polar surface area (TPSA) is 129 Å². The minimum Gasteiger partial charge on any atom is -0.475 e. The molecule has 1 heterocycles. The molecular formula is C28H25NO7. The highest BCUT2D eigenvalue weighted by molar-refractivity contribution is 5.91. The third-order valence-electron chi connectivity index (χ3n) is 6.51. The molecule has 4 N–H and O–H groups in total. The van der Waals surface area contributed by atoms with E-state index in [9.17, 15) is 19.8 Å². The lowest BCUT2D eigenvalue weighted by Gasteiger charge is -2.19. The van der Waals surface area contributed by atoms with Gasteiger partial charge >= 0.3 is 12.1 Å². The molecule has 0 saturated carbocycles. The number of carboxylic acids is 1. The van der Waals surface area contributed by atoms with Crippen LogP contribution in [0.3, 0.4) is 0 Å². The van der Waals surface area contributed by atoms with Crippen molar-refractivity contribution in [2.45, 2.75) is 24.5 Å². The number of alkyl carbamates (subject to hydrolysis) is 1. The van der Waals surface area contributed by atoms with Gasteiger partial charge in [0.2, 0.25) is 5.76 Å². The molecule has 0 radical (unpaired) electrons. The Bertz CT molecular complexity index is 1380. The van der Waals surface area contributed by atoms with Gasteiger partial charge in [0.15, 0.2) is 0 Å². The zero-order valence-corrected chi connectivity index (χ0v) is 19.3. The largest absolute Gasteiger partial charge is 0.475 e. The van der Waals surface area contributed by atoms with Gasteiger partial charge in [-0.15, -0.1) is 0 Å². The monoisotopic (exact) mass is 487 g/mol. The molecule has 4 aromatic rings. The lowest BCUT2D eigenvalue weighted by molar-refractivity contribution is 0.0137. The lowest BCUT2D eigenvalue weighted by Crippen LogP contribution is -2.30. The fourth-order valence-electron chi connectivity index (χ4n) is 4.70. The molecule has 1 aliphatic rings. The van der Waals surface area contributed by atoms with Gasteiger partial charge in [0.1, 0.15) is 18.3 Å². The summed E-state index contributed by atoms with van der Waals surface area (Å²) in [6, 6.07) is 22.2. The summed E-state index contributed by atoms with van der Waals surface area (Å²) in [6.07, 6.45) is -2.88. The maximum absolute atomic E-state index is 12.3. The predicted octanol–water partition coefficient (Wildman–Crippen LogP) is 4.45. The smallest absolute Gasteiger partial charge is 0.407 e. The van der Waals surface area contributed by atoms with E-state index >= 15 is 0 Å². The number of fused-ring (bicyclic) bond motifs is 4. The molecule has 1 aromatic heterocycles. The fraction of sp³-hybridized carbons (Fsp3) is 0.214. The van der Waals surface area contributed by atoms with Gasteiger partial charge in [-0.3, -0.25) is 0 Å². The van der Waals surface area contributed by atoms with Crippen LogP contribution in [0.4, 0.5) is 4.79 Å². The Kier molecular flexibility index (Phi) is 6.45. The first-order valence-electron chi connectivity index (χ1n) is 11.6. The van der Waals surface area contributed by atoms with E-state index < -0.39 is 24.3 Å². The molecule has 8 nitrogen and oxygen atoms in total. The van der Waals surface area contributed by atoms with Gasteiger partial charge < -0.3 is 29.8 Å². The second-order valence-corrected chi connectivity index (χ2v) is 8.77. The number of furan rings is 1. The number of ether oxygens (including phenoxy) is 1. The standard InChI is InChI=1S/C28H25NO7/c30-23(26(31)16-9-10-24-17(13-16)14-25(36-24)27(32)33)11-12-29-28(34)35-15-22-20-7-3-1-5-18(20)19-6-2-4-8-21(19)22/h1-10,13-14,22-23,26,30-31H,11-12,15H2,(H,29,34)(H,32,33). The van der Waals surface area contributed by atoms with E-state index in [4.69, 9.17) is 14.3 Å². The van der Waals surface area contributed by atoms with Crippen molar-refractivity contribution in [1.29, 1.82) is 0 Å². The van der Waals surface area contributed by atoms with Gasteiger partial charge in [-0.2, -0.15) is 0 Å². The van der Waals surface area contributed by atoms with Crippen LogP contribution >= 0.6 is 0 Å². The number of aromatic carboxylic acids is 1. The van der Waals surface area contributed by atoms with E-state index in [2.05, 4.69) is 17.4 Å². The number of hydrogen-bond donors (Lipinski definition) is 4. The van der Waals surface area contributed by atoms with E-state index in [-0.39, 0.29) is 31.3 Å². The van der Waals surface area contributed by atoms with Crippen LogP contribution in [0.5, 0.6) is 0 Å². The molecule has 1 aliphatic carbocycles. The summed E-state index contributed by atoms with van der Waals surface area (Å²) in [5.74, 6) is -1.44. The zero-order chi connectivity index (χ0) is 25.2. The molecule has 0 spiro atoms. The maximum Gasteiger partial charge on any atom is 0.407 e. The maximum atomic E-state index is 12.3. The first-order valence-corrected chi connectivity index (χ1v) is 11.6. The van der Waals surface area contributed by atoms with Crippen molar-refractivity contribution in [1.82, 2.24) is 5.32 Å². The highest BCUT2D eigenvalue weighted by Gasteiger charge is 2.29. The van der Waals surface area contributed by atoms with E-state index in [0.717, 1.165) is 22.3 Å². The first-order chi connectivity index (χ1) is 17.4. The minimum atomic E-state index is -1.22. The Morgan fingerprint density at radius 1 is 0.944 bits per heavy atom. The number of benzene rings is 3. The van der Waals surface area contributed by atoms with Gasteiger partial charge in [-0.05, 0) is 52.4 Å². The summed E-state index contributed by atoms with van der Waals surface area (Å²) in [5.41, 5.74) is 5.31. The van der Waals surface area contributed by atoms with E-state index in [1.54, 1.807) is 18.2 Å². The number of aliphatic hydroxyl groups excluding tert-OH is 2. The molecule has 2 unspecified atom stereocenters. The van der Waals surface area contributed by atoms with Crippen LogP contribution in [0.1, 0.15) is 45.7 Å².